The van der Waals surface area contributed by atoms with Crippen molar-refractivity contribution in [3.63, 3.8) is 0 Å². The van der Waals surface area contributed by atoms with E-state index in [-0.39, 0.29) is 12.1 Å². The highest BCUT2D eigenvalue weighted by Crippen LogP contribution is 2.12. The molecule has 1 unspecified atom stereocenters. The van der Waals surface area contributed by atoms with Gasteiger partial charge >= 0.3 is 6.03 Å². The lowest BCUT2D eigenvalue weighted by Gasteiger charge is -2.31. The lowest BCUT2D eigenvalue weighted by atomic mass is 10.1. The zero-order valence-electron chi connectivity index (χ0n) is 7.45. The minimum absolute atomic E-state index is 0.191. The van der Waals surface area contributed by atoms with E-state index in [2.05, 4.69) is 0 Å². The highest BCUT2D eigenvalue weighted by molar-refractivity contribution is 5.72. The van der Waals surface area contributed by atoms with Gasteiger partial charge in [-0.25, -0.2) is 4.79 Å². The first-order valence-corrected chi connectivity index (χ1v) is 4.40. The van der Waals surface area contributed by atoms with Gasteiger partial charge in [0.1, 0.15) is 0 Å². The Hall–Kier alpha value is -0.770. The van der Waals surface area contributed by atoms with E-state index in [0.717, 1.165) is 19.4 Å². The summed E-state index contributed by atoms with van der Waals surface area (Å²) in [5.41, 5.74) is 5.16. The van der Waals surface area contributed by atoms with E-state index in [9.17, 15) is 4.79 Å². The van der Waals surface area contributed by atoms with E-state index in [4.69, 9.17) is 10.5 Å². The minimum atomic E-state index is -0.334. The summed E-state index contributed by atoms with van der Waals surface area (Å²) in [5, 5.41) is 0. The second-order valence-electron chi connectivity index (χ2n) is 3.00. The molecule has 0 spiro atoms. The van der Waals surface area contributed by atoms with Gasteiger partial charge in [0.25, 0.3) is 0 Å². The van der Waals surface area contributed by atoms with Crippen LogP contribution >= 0.6 is 0 Å². The first kappa shape index (κ1) is 9.32. The van der Waals surface area contributed by atoms with Crippen molar-refractivity contribution >= 4 is 6.03 Å². The SMILES string of the molecule is CCOC1CCCN(C(N)=O)C1. The Morgan fingerprint density at radius 1 is 1.75 bits per heavy atom. The molecule has 1 heterocycles. The molecule has 1 saturated heterocycles. The summed E-state index contributed by atoms with van der Waals surface area (Å²) in [4.78, 5) is 12.4. The number of hydrogen-bond donors (Lipinski definition) is 1. The van der Waals surface area contributed by atoms with E-state index < -0.39 is 0 Å². The number of carbonyl (C=O) groups is 1. The lowest BCUT2D eigenvalue weighted by molar-refractivity contribution is 0.0175. The predicted octanol–water partition coefficient (Wildman–Crippen LogP) is 0.566. The molecule has 0 bridgehead atoms. The van der Waals surface area contributed by atoms with Crippen LogP contribution in [0.1, 0.15) is 19.8 Å². The number of piperidine rings is 1. The zero-order valence-corrected chi connectivity index (χ0v) is 7.45. The molecule has 1 atom stereocenters. The molecule has 1 aliphatic rings. The van der Waals surface area contributed by atoms with Gasteiger partial charge in [-0.15, -0.1) is 0 Å². The van der Waals surface area contributed by atoms with Crippen LogP contribution in [0.3, 0.4) is 0 Å². The van der Waals surface area contributed by atoms with Crippen LogP contribution in [-0.2, 0) is 4.74 Å². The molecule has 0 aliphatic carbocycles. The molecule has 2 N–H and O–H groups in total. The van der Waals surface area contributed by atoms with Gasteiger partial charge in [-0.05, 0) is 19.8 Å². The van der Waals surface area contributed by atoms with Gasteiger partial charge < -0.3 is 15.4 Å². The average Bonchev–Trinajstić information content (AvgIpc) is 2.05. The summed E-state index contributed by atoms with van der Waals surface area (Å²) in [5.74, 6) is 0. The first-order valence-electron chi connectivity index (χ1n) is 4.40. The highest BCUT2D eigenvalue weighted by Gasteiger charge is 2.21. The molecule has 0 saturated carbocycles. The maximum Gasteiger partial charge on any atom is 0.314 e. The largest absolute Gasteiger partial charge is 0.377 e. The quantitative estimate of drug-likeness (QED) is 0.662. The van der Waals surface area contributed by atoms with Crippen molar-refractivity contribution in [1.29, 1.82) is 0 Å². The molecule has 0 radical (unpaired) electrons. The summed E-state index contributed by atoms with van der Waals surface area (Å²) >= 11 is 0. The topological polar surface area (TPSA) is 55.6 Å². The van der Waals surface area contributed by atoms with Crippen LogP contribution in [0.4, 0.5) is 4.79 Å². The monoisotopic (exact) mass is 172 g/mol. The number of amides is 2. The number of rotatable bonds is 2. The molecule has 1 rings (SSSR count). The summed E-state index contributed by atoms with van der Waals surface area (Å²) in [6.07, 6.45) is 2.22. The highest BCUT2D eigenvalue weighted by atomic mass is 16.5. The fraction of sp³-hybridized carbons (Fsp3) is 0.875. The second kappa shape index (κ2) is 4.30. The van der Waals surface area contributed by atoms with Gasteiger partial charge in [-0.3, -0.25) is 0 Å². The van der Waals surface area contributed by atoms with Crippen molar-refractivity contribution in [2.75, 3.05) is 19.7 Å². The molecule has 0 aromatic rings. The van der Waals surface area contributed by atoms with Gasteiger partial charge in [0.2, 0.25) is 0 Å². The molecule has 0 aromatic carbocycles. The normalized spacial score (nSPS) is 24.1. The van der Waals surface area contributed by atoms with Crippen LogP contribution in [0, 0.1) is 0 Å². The predicted molar refractivity (Wildman–Crippen MR) is 45.8 cm³/mol. The number of ether oxygens (including phenoxy) is 1. The molecular formula is C8H16N2O2. The van der Waals surface area contributed by atoms with Crippen molar-refractivity contribution in [3.8, 4) is 0 Å². The van der Waals surface area contributed by atoms with Gasteiger partial charge in [0, 0.05) is 19.7 Å². The fourth-order valence-corrected chi connectivity index (χ4v) is 1.51. The smallest absolute Gasteiger partial charge is 0.314 e. The van der Waals surface area contributed by atoms with E-state index in [1.54, 1.807) is 4.90 Å². The second-order valence-corrected chi connectivity index (χ2v) is 3.00. The fourth-order valence-electron chi connectivity index (χ4n) is 1.51. The van der Waals surface area contributed by atoms with Crippen LogP contribution in [0.25, 0.3) is 0 Å². The van der Waals surface area contributed by atoms with Crippen molar-refractivity contribution in [2.24, 2.45) is 5.73 Å². The number of urea groups is 1. The third-order valence-corrected chi connectivity index (χ3v) is 2.09. The molecule has 1 aliphatic heterocycles. The number of primary amides is 1. The Morgan fingerprint density at radius 2 is 2.50 bits per heavy atom. The molecule has 4 heteroatoms. The maximum absolute atomic E-state index is 10.8. The van der Waals surface area contributed by atoms with Gasteiger partial charge in [0.15, 0.2) is 0 Å². The van der Waals surface area contributed by atoms with Crippen LogP contribution < -0.4 is 5.73 Å². The number of nitrogens with zero attached hydrogens (tertiary/aromatic N) is 1. The maximum atomic E-state index is 10.8. The number of carbonyl (C=O) groups excluding carboxylic acids is 1. The van der Waals surface area contributed by atoms with E-state index in [0.29, 0.717) is 13.2 Å². The van der Waals surface area contributed by atoms with Gasteiger partial charge in [0.05, 0.1) is 6.10 Å². The summed E-state index contributed by atoms with van der Waals surface area (Å²) < 4.78 is 5.41. The summed E-state index contributed by atoms with van der Waals surface area (Å²) in [7, 11) is 0. The molecule has 1 fully saturated rings. The number of hydrogen-bond acceptors (Lipinski definition) is 2. The van der Waals surface area contributed by atoms with E-state index in [1.165, 1.54) is 0 Å². The van der Waals surface area contributed by atoms with Crippen molar-refractivity contribution in [2.45, 2.75) is 25.9 Å². The molecule has 12 heavy (non-hydrogen) atoms. The van der Waals surface area contributed by atoms with Crippen LogP contribution in [0.2, 0.25) is 0 Å². The molecular weight excluding hydrogens is 156 g/mol. The van der Waals surface area contributed by atoms with Gasteiger partial charge in [-0.2, -0.15) is 0 Å². The molecule has 4 nitrogen and oxygen atoms in total. The lowest BCUT2D eigenvalue weighted by Crippen LogP contribution is -2.45. The Bertz CT molecular complexity index is 159. The Labute approximate surface area is 72.7 Å². The van der Waals surface area contributed by atoms with Crippen molar-refractivity contribution < 1.29 is 9.53 Å². The third kappa shape index (κ3) is 2.37. The van der Waals surface area contributed by atoms with E-state index in [1.807, 2.05) is 6.92 Å². The summed E-state index contributed by atoms with van der Waals surface area (Å²) in [6.45, 7) is 4.10. The average molecular weight is 172 g/mol. The number of likely N-dealkylation sites (tertiary alicyclic amines) is 1. The summed E-state index contributed by atoms with van der Waals surface area (Å²) in [6, 6.07) is -0.334. The molecule has 70 valence electrons. The van der Waals surface area contributed by atoms with Crippen LogP contribution in [0.15, 0.2) is 0 Å². The van der Waals surface area contributed by atoms with Gasteiger partial charge in [-0.1, -0.05) is 0 Å². The Morgan fingerprint density at radius 3 is 3.08 bits per heavy atom. The standard InChI is InChI=1S/C8H16N2O2/c1-2-12-7-4-3-5-10(6-7)8(9)11/h7H,2-6H2,1H3,(H2,9,11). The third-order valence-electron chi connectivity index (χ3n) is 2.09. The number of nitrogens with two attached hydrogens (primary N) is 1. The zero-order chi connectivity index (χ0) is 8.97. The molecule has 0 aromatic heterocycles. The van der Waals surface area contributed by atoms with Crippen molar-refractivity contribution in [3.05, 3.63) is 0 Å². The van der Waals surface area contributed by atoms with Crippen LogP contribution in [-0.4, -0.2) is 36.7 Å². The van der Waals surface area contributed by atoms with Crippen molar-refractivity contribution in [1.82, 2.24) is 4.90 Å². The Kier molecular flexibility index (Phi) is 3.34. The molecule has 2 amide bonds. The van der Waals surface area contributed by atoms with E-state index >= 15 is 0 Å². The van der Waals surface area contributed by atoms with Crippen LogP contribution in [0.5, 0.6) is 0 Å². The minimum Gasteiger partial charge on any atom is -0.377 e. The first-order chi connectivity index (χ1) is 5.74. The Balaban J connectivity index is 2.35.